The second-order valence-electron chi connectivity index (χ2n) is 7.10. The first-order valence-corrected chi connectivity index (χ1v) is 8.52. The number of amides is 2. The zero-order valence-corrected chi connectivity index (χ0v) is 15.0. The molecule has 2 fully saturated rings. The molecular formula is C17H26N4O3. The lowest BCUT2D eigenvalue weighted by molar-refractivity contribution is -0.136. The van der Waals surface area contributed by atoms with Crippen molar-refractivity contribution in [2.75, 3.05) is 26.7 Å². The standard InChI is InChI=1S/C17H26N4O3/c1-12-14(13(2)20(4)18-12)6-7-15(22)21-9-5-8-17(11-21)10-19(3)16(23)24-17/h5-11H2,1-4H3. The minimum Gasteiger partial charge on any atom is -0.439 e. The molecule has 3 rings (SSSR count). The van der Waals surface area contributed by atoms with E-state index in [0.29, 0.717) is 25.9 Å². The van der Waals surface area contributed by atoms with E-state index in [1.807, 2.05) is 30.5 Å². The summed E-state index contributed by atoms with van der Waals surface area (Å²) in [6.07, 6.45) is 2.58. The smallest absolute Gasteiger partial charge is 0.410 e. The summed E-state index contributed by atoms with van der Waals surface area (Å²) < 4.78 is 7.43. The van der Waals surface area contributed by atoms with E-state index in [1.165, 1.54) is 0 Å². The number of hydrogen-bond donors (Lipinski definition) is 0. The summed E-state index contributed by atoms with van der Waals surface area (Å²) in [6, 6.07) is 0. The summed E-state index contributed by atoms with van der Waals surface area (Å²) in [5, 5.41) is 4.40. The van der Waals surface area contributed by atoms with Crippen LogP contribution < -0.4 is 0 Å². The molecule has 0 bridgehead atoms. The highest BCUT2D eigenvalue weighted by atomic mass is 16.6. The highest BCUT2D eigenvalue weighted by Crippen LogP contribution is 2.31. The van der Waals surface area contributed by atoms with Crippen molar-refractivity contribution in [3.05, 3.63) is 17.0 Å². The molecule has 1 spiro atoms. The van der Waals surface area contributed by atoms with Gasteiger partial charge in [0, 0.05) is 32.8 Å². The largest absolute Gasteiger partial charge is 0.439 e. The summed E-state index contributed by atoms with van der Waals surface area (Å²) in [4.78, 5) is 27.8. The van der Waals surface area contributed by atoms with Gasteiger partial charge < -0.3 is 14.5 Å². The Morgan fingerprint density at radius 3 is 2.62 bits per heavy atom. The van der Waals surface area contributed by atoms with Gasteiger partial charge >= 0.3 is 6.09 Å². The highest BCUT2D eigenvalue weighted by molar-refractivity contribution is 5.77. The van der Waals surface area contributed by atoms with E-state index in [1.54, 1.807) is 11.9 Å². The van der Waals surface area contributed by atoms with Gasteiger partial charge in [0.15, 0.2) is 0 Å². The lowest BCUT2D eigenvalue weighted by Gasteiger charge is -2.38. The molecule has 2 aliphatic rings. The number of hydrogen-bond acceptors (Lipinski definition) is 4. The van der Waals surface area contributed by atoms with Crippen LogP contribution in [0.15, 0.2) is 0 Å². The van der Waals surface area contributed by atoms with Crippen LogP contribution in [-0.4, -0.2) is 63.9 Å². The summed E-state index contributed by atoms with van der Waals surface area (Å²) in [7, 11) is 3.67. The SMILES string of the molecule is Cc1nn(C)c(C)c1CCC(=O)N1CCCC2(CN(C)C(=O)O2)C1. The molecule has 0 aliphatic carbocycles. The normalized spacial score (nSPS) is 23.9. The summed E-state index contributed by atoms with van der Waals surface area (Å²) in [5.74, 6) is 0.127. The summed E-state index contributed by atoms with van der Waals surface area (Å²) >= 11 is 0. The predicted molar refractivity (Wildman–Crippen MR) is 88.7 cm³/mol. The molecule has 1 unspecified atom stereocenters. The van der Waals surface area contributed by atoms with Gasteiger partial charge in [-0.15, -0.1) is 0 Å². The first kappa shape index (κ1) is 16.8. The Kier molecular flexibility index (Phi) is 4.27. The van der Waals surface area contributed by atoms with Crippen molar-refractivity contribution in [3.8, 4) is 0 Å². The topological polar surface area (TPSA) is 67.7 Å². The van der Waals surface area contributed by atoms with Crippen molar-refractivity contribution in [3.63, 3.8) is 0 Å². The van der Waals surface area contributed by atoms with Gasteiger partial charge in [0.05, 0.1) is 18.8 Å². The molecule has 3 heterocycles. The third kappa shape index (κ3) is 2.99. The number of aromatic nitrogens is 2. The molecule has 132 valence electrons. The van der Waals surface area contributed by atoms with Crippen molar-refractivity contribution in [1.82, 2.24) is 19.6 Å². The number of ether oxygens (including phenoxy) is 1. The predicted octanol–water partition coefficient (Wildman–Crippen LogP) is 1.41. The Morgan fingerprint density at radius 2 is 2.04 bits per heavy atom. The number of nitrogens with zero attached hydrogens (tertiary/aromatic N) is 4. The quantitative estimate of drug-likeness (QED) is 0.838. The van der Waals surface area contributed by atoms with Crippen LogP contribution >= 0.6 is 0 Å². The number of likely N-dealkylation sites (N-methyl/N-ethyl adjacent to an activating group) is 1. The number of piperidine rings is 1. The lowest BCUT2D eigenvalue weighted by atomic mass is 9.92. The van der Waals surface area contributed by atoms with Gasteiger partial charge in [0.1, 0.15) is 5.60 Å². The third-order valence-electron chi connectivity index (χ3n) is 5.28. The van der Waals surface area contributed by atoms with Crippen molar-refractivity contribution in [2.24, 2.45) is 7.05 Å². The van der Waals surface area contributed by atoms with Gasteiger partial charge in [-0.25, -0.2) is 4.79 Å². The molecule has 7 heteroatoms. The van der Waals surface area contributed by atoms with E-state index in [9.17, 15) is 9.59 Å². The highest BCUT2D eigenvalue weighted by Gasteiger charge is 2.47. The number of aryl methyl sites for hydroxylation is 2. The molecule has 24 heavy (non-hydrogen) atoms. The fourth-order valence-electron chi connectivity index (χ4n) is 3.88. The van der Waals surface area contributed by atoms with Crippen molar-refractivity contribution in [1.29, 1.82) is 0 Å². The van der Waals surface area contributed by atoms with Gasteiger partial charge in [-0.2, -0.15) is 5.10 Å². The molecule has 1 aromatic rings. The number of carbonyl (C=O) groups excluding carboxylic acids is 2. The number of likely N-dealkylation sites (tertiary alicyclic amines) is 1. The Hall–Kier alpha value is -2.05. The lowest BCUT2D eigenvalue weighted by Crippen LogP contribution is -2.52. The maximum absolute atomic E-state index is 12.6. The van der Waals surface area contributed by atoms with E-state index in [0.717, 1.165) is 36.3 Å². The van der Waals surface area contributed by atoms with E-state index in [2.05, 4.69) is 5.10 Å². The Morgan fingerprint density at radius 1 is 1.29 bits per heavy atom. The minimum atomic E-state index is -0.514. The average Bonchev–Trinajstić information content (AvgIpc) is 2.93. The van der Waals surface area contributed by atoms with Crippen molar-refractivity contribution in [2.45, 2.75) is 45.1 Å². The zero-order valence-electron chi connectivity index (χ0n) is 15.0. The van der Waals surface area contributed by atoms with Crippen LogP contribution in [0, 0.1) is 13.8 Å². The van der Waals surface area contributed by atoms with Gasteiger partial charge in [0.2, 0.25) is 5.91 Å². The van der Waals surface area contributed by atoms with Gasteiger partial charge in [-0.3, -0.25) is 9.48 Å². The number of carbonyl (C=O) groups is 2. The molecule has 0 aromatic carbocycles. The molecule has 2 saturated heterocycles. The number of rotatable bonds is 3. The molecule has 2 aliphatic heterocycles. The molecule has 0 saturated carbocycles. The van der Waals surface area contributed by atoms with E-state index in [-0.39, 0.29) is 12.0 Å². The Labute approximate surface area is 142 Å². The first-order valence-electron chi connectivity index (χ1n) is 8.52. The first-order chi connectivity index (χ1) is 11.3. The van der Waals surface area contributed by atoms with Gasteiger partial charge in [0.25, 0.3) is 0 Å². The second-order valence-corrected chi connectivity index (χ2v) is 7.10. The van der Waals surface area contributed by atoms with Crippen LogP contribution in [0.3, 0.4) is 0 Å². The Balaban J connectivity index is 1.62. The van der Waals surface area contributed by atoms with Crippen LogP contribution in [-0.2, 0) is 23.0 Å². The van der Waals surface area contributed by atoms with Gasteiger partial charge in [-0.05, 0) is 38.7 Å². The van der Waals surface area contributed by atoms with Crippen LogP contribution in [0.1, 0.15) is 36.2 Å². The summed E-state index contributed by atoms with van der Waals surface area (Å²) in [6.45, 7) is 5.83. The molecular weight excluding hydrogens is 308 g/mol. The van der Waals surface area contributed by atoms with Crippen LogP contribution in [0.2, 0.25) is 0 Å². The van der Waals surface area contributed by atoms with Crippen LogP contribution in [0.4, 0.5) is 4.79 Å². The molecule has 1 atom stereocenters. The maximum Gasteiger partial charge on any atom is 0.410 e. The molecule has 2 amide bonds. The molecule has 0 N–H and O–H groups in total. The van der Waals surface area contributed by atoms with Crippen molar-refractivity contribution < 1.29 is 14.3 Å². The molecule has 1 aromatic heterocycles. The monoisotopic (exact) mass is 334 g/mol. The van der Waals surface area contributed by atoms with Crippen LogP contribution in [0.25, 0.3) is 0 Å². The average molecular weight is 334 g/mol. The van der Waals surface area contributed by atoms with E-state index >= 15 is 0 Å². The van der Waals surface area contributed by atoms with E-state index < -0.39 is 5.60 Å². The zero-order chi connectivity index (χ0) is 17.5. The van der Waals surface area contributed by atoms with Gasteiger partial charge in [-0.1, -0.05) is 0 Å². The third-order valence-corrected chi connectivity index (χ3v) is 5.28. The minimum absolute atomic E-state index is 0.127. The fraction of sp³-hybridized carbons (Fsp3) is 0.706. The Bertz CT molecular complexity index is 669. The molecule has 7 nitrogen and oxygen atoms in total. The fourth-order valence-corrected chi connectivity index (χ4v) is 3.88. The van der Waals surface area contributed by atoms with Crippen molar-refractivity contribution >= 4 is 12.0 Å². The summed E-state index contributed by atoms with van der Waals surface area (Å²) in [5.41, 5.74) is 2.75. The van der Waals surface area contributed by atoms with Crippen LogP contribution in [0.5, 0.6) is 0 Å². The van der Waals surface area contributed by atoms with E-state index in [4.69, 9.17) is 4.74 Å². The second kappa shape index (κ2) is 6.11. The molecule has 0 radical (unpaired) electrons. The maximum atomic E-state index is 12.6.